The van der Waals surface area contributed by atoms with Gasteiger partial charge in [-0.25, -0.2) is 4.79 Å². The molecule has 0 unspecified atom stereocenters. The van der Waals surface area contributed by atoms with Crippen LogP contribution in [0.5, 0.6) is 11.5 Å². The van der Waals surface area contributed by atoms with Gasteiger partial charge in [-0.3, -0.25) is 0 Å². The number of carbonyl (C=O) groups is 1. The molecule has 2 fully saturated rings. The lowest BCUT2D eigenvalue weighted by atomic mass is 9.97. The van der Waals surface area contributed by atoms with Crippen molar-refractivity contribution in [3.63, 3.8) is 0 Å². The van der Waals surface area contributed by atoms with Crippen LogP contribution in [0.25, 0.3) is 6.08 Å². The minimum absolute atomic E-state index is 0.0460. The molecule has 0 saturated carbocycles. The fourth-order valence-electron chi connectivity index (χ4n) is 4.71. The van der Waals surface area contributed by atoms with Crippen molar-refractivity contribution in [1.82, 2.24) is 0 Å². The Balaban J connectivity index is 1.80. The summed E-state index contributed by atoms with van der Waals surface area (Å²) < 4.78 is 28.5. The lowest BCUT2D eigenvalue weighted by molar-refractivity contribution is -0.356. The Bertz CT molecular complexity index is 1180. The van der Waals surface area contributed by atoms with E-state index in [4.69, 9.17) is 23.7 Å². The zero-order valence-corrected chi connectivity index (χ0v) is 25.2. The third kappa shape index (κ3) is 9.57. The second-order valence-corrected chi connectivity index (χ2v) is 11.2. The van der Waals surface area contributed by atoms with E-state index in [-0.39, 0.29) is 12.4 Å². The molecule has 2 aliphatic heterocycles. The van der Waals surface area contributed by atoms with Crippen LogP contribution in [-0.2, 0) is 28.5 Å². The first kappa shape index (κ1) is 35.6. The van der Waals surface area contributed by atoms with E-state index in [1.54, 1.807) is 0 Å². The second-order valence-electron chi connectivity index (χ2n) is 11.2. The van der Waals surface area contributed by atoms with Gasteiger partial charge in [-0.15, -0.1) is 0 Å². The van der Waals surface area contributed by atoms with Crippen LogP contribution in [0.1, 0.15) is 46.1 Å². The maximum Gasteiger partial charge on any atom is 0.331 e. The molecule has 0 aromatic heterocycles. The Hall–Kier alpha value is -2.85. The largest absolute Gasteiger partial charge is 0.504 e. The van der Waals surface area contributed by atoms with Gasteiger partial charge in [-0.05, 0) is 64.3 Å². The Morgan fingerprint density at radius 1 is 0.909 bits per heavy atom. The number of ether oxygens (including phenoxy) is 5. The van der Waals surface area contributed by atoms with E-state index in [2.05, 4.69) is 6.08 Å². The highest BCUT2D eigenvalue weighted by Gasteiger charge is 2.52. The quantitative estimate of drug-likeness (QED) is 0.0752. The summed E-state index contributed by atoms with van der Waals surface area (Å²) in [5.41, 5.74) is 2.62. The van der Waals surface area contributed by atoms with Gasteiger partial charge in [-0.2, -0.15) is 0 Å². The molecule has 44 heavy (non-hydrogen) atoms. The number of phenols is 2. The molecule has 3 rings (SSSR count). The van der Waals surface area contributed by atoms with Crippen LogP contribution >= 0.6 is 0 Å². The summed E-state index contributed by atoms with van der Waals surface area (Å²) in [6.07, 6.45) is -6.53. The smallest absolute Gasteiger partial charge is 0.331 e. The molecule has 0 bridgehead atoms. The molecule has 1 aromatic carbocycles. The van der Waals surface area contributed by atoms with Crippen LogP contribution in [0.3, 0.4) is 0 Å². The maximum atomic E-state index is 12.8. The van der Waals surface area contributed by atoms with Crippen LogP contribution in [-0.4, -0.2) is 116 Å². The van der Waals surface area contributed by atoms with Gasteiger partial charge in [0, 0.05) is 6.08 Å². The molecule has 2 heterocycles. The van der Waals surface area contributed by atoms with Gasteiger partial charge in [0.05, 0.1) is 19.3 Å². The summed E-state index contributed by atoms with van der Waals surface area (Å²) in [6, 6.07) is 3.90. The first-order chi connectivity index (χ1) is 20.8. The molecule has 0 spiro atoms. The highest BCUT2D eigenvalue weighted by molar-refractivity contribution is 5.87. The van der Waals surface area contributed by atoms with Crippen LogP contribution in [0, 0.1) is 0 Å². The number of rotatable bonds is 12. The maximum absolute atomic E-state index is 12.8. The number of phenolic OH excluding ortho intramolecular Hbond substituents is 2. The molecule has 246 valence electrons. The van der Waals surface area contributed by atoms with Crippen molar-refractivity contribution < 1.29 is 64.2 Å². The number of hydrogen-bond donors (Lipinski definition) is 7. The number of aliphatic hydroxyl groups is 5. The highest BCUT2D eigenvalue weighted by atomic mass is 16.7. The third-order valence-corrected chi connectivity index (χ3v) is 7.34. The Kier molecular flexibility index (Phi) is 13.3. The minimum atomic E-state index is -1.73. The zero-order valence-electron chi connectivity index (χ0n) is 25.2. The molecule has 2 saturated heterocycles. The van der Waals surface area contributed by atoms with E-state index < -0.39 is 79.7 Å². The molecule has 7 N–H and O–H groups in total. The minimum Gasteiger partial charge on any atom is -0.504 e. The number of aliphatic hydroxyl groups excluding tert-OH is 5. The molecule has 0 radical (unpaired) electrons. The topological polar surface area (TPSA) is 205 Å². The van der Waals surface area contributed by atoms with Gasteiger partial charge in [0.25, 0.3) is 0 Å². The number of aromatic hydroxyl groups is 2. The normalized spacial score (nSPS) is 32.9. The molecular weight excluding hydrogens is 580 g/mol. The Morgan fingerprint density at radius 2 is 1.64 bits per heavy atom. The number of esters is 1. The predicted molar refractivity (Wildman–Crippen MR) is 156 cm³/mol. The standard InChI is InChI=1S/C31H44O13/c1-16(2)6-5-7-17(3)12-13-40-30-27(39)29(44-31-26(38)25(37)24(36)18(4)41-31)28(22(15-32)42-30)43-23(35)11-9-19-8-10-20(33)21(34)14-19/h6,8-12,14,18,22,24-34,36-39H,5,7,13,15H2,1-4H3/t18-,22+,24-,25+,26+,27+,28+,29+,30+,31-/m0/s1. The van der Waals surface area contributed by atoms with Gasteiger partial charge in [0.2, 0.25) is 0 Å². The SMILES string of the molecule is CC(C)=CCCC(C)=CCO[C@@H]1O[C@H](CO)[C@@H](OC(=O)C=Cc2ccc(O)c(O)c2)[C@H](O[C@@H]2O[C@@H](C)[C@H](O)[C@@H](O)[C@H]2O)[C@H]1O. The lowest BCUT2D eigenvalue weighted by Crippen LogP contribution is -2.65. The van der Waals surface area contributed by atoms with Crippen LogP contribution < -0.4 is 0 Å². The van der Waals surface area contributed by atoms with E-state index in [1.165, 1.54) is 36.8 Å². The average Bonchev–Trinajstić information content (AvgIpc) is 2.97. The van der Waals surface area contributed by atoms with Crippen molar-refractivity contribution >= 4 is 12.0 Å². The van der Waals surface area contributed by atoms with E-state index >= 15 is 0 Å². The third-order valence-electron chi connectivity index (χ3n) is 7.34. The van der Waals surface area contributed by atoms with Gasteiger partial charge in [-0.1, -0.05) is 29.4 Å². The van der Waals surface area contributed by atoms with E-state index in [1.807, 2.05) is 26.8 Å². The van der Waals surface area contributed by atoms with E-state index in [0.29, 0.717) is 5.56 Å². The summed E-state index contributed by atoms with van der Waals surface area (Å²) >= 11 is 0. The van der Waals surface area contributed by atoms with E-state index in [9.17, 15) is 40.5 Å². The molecule has 1 aromatic rings. The molecule has 2 aliphatic rings. The molecule has 10 atom stereocenters. The number of allylic oxidation sites excluding steroid dienone is 3. The van der Waals surface area contributed by atoms with Gasteiger partial charge in [0.1, 0.15) is 36.6 Å². The fraction of sp³-hybridized carbons (Fsp3) is 0.581. The molecular formula is C31H44O13. The summed E-state index contributed by atoms with van der Waals surface area (Å²) in [5.74, 6) is -1.67. The summed E-state index contributed by atoms with van der Waals surface area (Å²) in [5, 5.41) is 71.5. The Morgan fingerprint density at radius 3 is 2.30 bits per heavy atom. The first-order valence-corrected chi connectivity index (χ1v) is 14.4. The van der Waals surface area contributed by atoms with Crippen molar-refractivity contribution in [3.05, 3.63) is 53.1 Å². The highest BCUT2D eigenvalue weighted by Crippen LogP contribution is 2.31. The fourth-order valence-corrected chi connectivity index (χ4v) is 4.71. The number of carbonyl (C=O) groups excluding carboxylic acids is 1. The molecule has 13 heteroatoms. The zero-order chi connectivity index (χ0) is 32.6. The van der Waals surface area contributed by atoms with Crippen molar-refractivity contribution in [3.8, 4) is 11.5 Å². The number of hydrogen-bond acceptors (Lipinski definition) is 13. The lowest BCUT2D eigenvalue weighted by Gasteiger charge is -2.46. The van der Waals surface area contributed by atoms with Gasteiger partial charge >= 0.3 is 5.97 Å². The van der Waals surface area contributed by atoms with Crippen molar-refractivity contribution in [1.29, 1.82) is 0 Å². The molecule has 0 amide bonds. The van der Waals surface area contributed by atoms with Crippen LogP contribution in [0.4, 0.5) is 0 Å². The van der Waals surface area contributed by atoms with Crippen molar-refractivity contribution in [2.75, 3.05) is 13.2 Å². The summed E-state index contributed by atoms with van der Waals surface area (Å²) in [4.78, 5) is 12.8. The van der Waals surface area contributed by atoms with Crippen molar-refractivity contribution in [2.24, 2.45) is 0 Å². The number of benzene rings is 1. The summed E-state index contributed by atoms with van der Waals surface area (Å²) in [7, 11) is 0. The van der Waals surface area contributed by atoms with E-state index in [0.717, 1.165) is 24.5 Å². The van der Waals surface area contributed by atoms with Gasteiger partial charge in [0.15, 0.2) is 30.2 Å². The van der Waals surface area contributed by atoms with Crippen LogP contribution in [0.15, 0.2) is 47.6 Å². The van der Waals surface area contributed by atoms with Crippen molar-refractivity contribution in [2.45, 2.75) is 102 Å². The first-order valence-electron chi connectivity index (χ1n) is 14.4. The molecule has 0 aliphatic carbocycles. The predicted octanol–water partition coefficient (Wildman–Crippen LogP) is 1.02. The Labute approximate surface area is 256 Å². The van der Waals surface area contributed by atoms with Gasteiger partial charge < -0.3 is 59.4 Å². The second kappa shape index (κ2) is 16.5. The van der Waals surface area contributed by atoms with Crippen LogP contribution in [0.2, 0.25) is 0 Å². The summed E-state index contributed by atoms with van der Waals surface area (Å²) in [6.45, 7) is 6.79. The average molecular weight is 625 g/mol. The molecule has 13 nitrogen and oxygen atoms in total. The monoisotopic (exact) mass is 624 g/mol.